The highest BCUT2D eigenvalue weighted by Gasteiger charge is 2.76. The number of nitrogens with zero attached hydrogens (tertiary/aromatic N) is 4. The lowest BCUT2D eigenvalue weighted by molar-refractivity contribution is -0.0920. The molecule has 4 fully saturated rings. The van der Waals surface area contributed by atoms with Crippen LogP contribution in [0.2, 0.25) is 0 Å². The molecule has 0 N–H and O–H groups in total. The number of carbonyl (C=O) groups excluding carboxylic acids is 1. The van der Waals surface area contributed by atoms with Crippen LogP contribution in [-0.4, -0.2) is 58.8 Å². The van der Waals surface area contributed by atoms with Gasteiger partial charge in [-0.25, -0.2) is 14.8 Å². The predicted molar refractivity (Wildman–Crippen MR) is 146 cm³/mol. The van der Waals surface area contributed by atoms with Crippen LogP contribution in [0.3, 0.4) is 0 Å². The van der Waals surface area contributed by atoms with Crippen LogP contribution < -0.4 is 9.64 Å². The van der Waals surface area contributed by atoms with Crippen molar-refractivity contribution >= 4 is 12.0 Å². The number of likely N-dealkylation sites (tertiary alicyclic amines) is 1. The second kappa shape index (κ2) is 7.86. The van der Waals surface area contributed by atoms with E-state index in [1.54, 1.807) is 7.11 Å². The van der Waals surface area contributed by atoms with Crippen molar-refractivity contribution in [3.63, 3.8) is 0 Å². The summed E-state index contributed by atoms with van der Waals surface area (Å²) in [6, 6.07) is 9.34. The Kier molecular flexibility index (Phi) is 5.01. The summed E-state index contributed by atoms with van der Waals surface area (Å²) in [5.41, 5.74) is 4.53. The first-order valence-corrected chi connectivity index (χ1v) is 14.3. The van der Waals surface area contributed by atoms with E-state index in [2.05, 4.69) is 47.9 Å². The number of benzene rings is 1. The fraction of sp³-hybridized carbons (Fsp3) is 0.645. The molecule has 1 aromatic carbocycles. The molecule has 7 rings (SSSR count). The zero-order valence-electron chi connectivity index (χ0n) is 23.6. The van der Waals surface area contributed by atoms with Crippen LogP contribution in [0, 0.1) is 31.1 Å². The minimum absolute atomic E-state index is 0.0273. The van der Waals surface area contributed by atoms with Gasteiger partial charge in [0, 0.05) is 47.4 Å². The Morgan fingerprint density at radius 2 is 1.87 bits per heavy atom. The van der Waals surface area contributed by atoms with Crippen molar-refractivity contribution in [1.29, 1.82) is 0 Å². The van der Waals surface area contributed by atoms with Crippen LogP contribution in [0.25, 0.3) is 0 Å². The lowest BCUT2D eigenvalue weighted by atomic mass is 9.43. The van der Waals surface area contributed by atoms with E-state index >= 15 is 0 Å². The molecule has 2 saturated heterocycles. The number of ether oxygens (including phenoxy) is 2. The van der Waals surface area contributed by atoms with Gasteiger partial charge in [-0.1, -0.05) is 6.07 Å². The van der Waals surface area contributed by atoms with Crippen LogP contribution in [0.15, 0.2) is 24.3 Å². The van der Waals surface area contributed by atoms with E-state index in [4.69, 9.17) is 19.4 Å². The molecule has 7 heteroatoms. The van der Waals surface area contributed by atoms with E-state index in [1.807, 2.05) is 20.8 Å². The number of piperidine rings is 1. The van der Waals surface area contributed by atoms with E-state index in [-0.39, 0.29) is 23.0 Å². The minimum Gasteiger partial charge on any atom is -0.497 e. The third-order valence-electron chi connectivity index (χ3n) is 10.6. The molecular weight excluding hydrogens is 476 g/mol. The van der Waals surface area contributed by atoms with E-state index in [0.29, 0.717) is 17.9 Å². The van der Waals surface area contributed by atoms with Crippen LogP contribution in [0.1, 0.15) is 69.0 Å². The molecule has 0 radical (unpaired) electrons. The van der Waals surface area contributed by atoms with E-state index in [1.165, 1.54) is 11.1 Å². The molecule has 1 amide bonds. The summed E-state index contributed by atoms with van der Waals surface area (Å²) in [6.45, 7) is 11.8. The van der Waals surface area contributed by atoms with Gasteiger partial charge >= 0.3 is 6.09 Å². The Labute approximate surface area is 225 Å². The number of anilines is 1. The summed E-state index contributed by atoms with van der Waals surface area (Å²) in [6.07, 6.45) is 5.11. The first-order valence-electron chi connectivity index (χ1n) is 14.3. The van der Waals surface area contributed by atoms with Crippen LogP contribution >= 0.6 is 0 Å². The molecular formula is C31H40N4O3. The van der Waals surface area contributed by atoms with Crippen molar-refractivity contribution in [2.75, 3.05) is 25.1 Å². The van der Waals surface area contributed by atoms with Crippen molar-refractivity contribution in [1.82, 2.24) is 14.9 Å². The fourth-order valence-corrected chi connectivity index (χ4v) is 9.72. The summed E-state index contributed by atoms with van der Waals surface area (Å²) in [7, 11) is 1.77. The number of aryl methyl sites for hydroxylation is 2. The predicted octanol–water partition coefficient (Wildman–Crippen LogP) is 5.21. The van der Waals surface area contributed by atoms with Crippen molar-refractivity contribution in [2.45, 2.75) is 89.8 Å². The molecule has 0 spiro atoms. The number of rotatable bonds is 2. The molecule has 2 aromatic rings. The van der Waals surface area contributed by atoms with Crippen molar-refractivity contribution in [3.8, 4) is 5.75 Å². The van der Waals surface area contributed by atoms with Gasteiger partial charge in [-0.15, -0.1) is 0 Å². The lowest BCUT2D eigenvalue weighted by Crippen LogP contribution is -2.70. The summed E-state index contributed by atoms with van der Waals surface area (Å²) < 4.78 is 11.7. The molecule has 3 aliphatic carbocycles. The number of hydrogen-bond donors (Lipinski definition) is 0. The van der Waals surface area contributed by atoms with Gasteiger partial charge in [-0.3, -0.25) is 0 Å². The number of methoxy groups -OCH3 is 1. The maximum absolute atomic E-state index is 13.6. The molecule has 38 heavy (non-hydrogen) atoms. The minimum atomic E-state index is -0.500. The molecule has 2 aliphatic heterocycles. The van der Waals surface area contributed by atoms with Crippen LogP contribution in [0.4, 0.5) is 10.7 Å². The maximum Gasteiger partial charge on any atom is 0.410 e. The van der Waals surface area contributed by atoms with Crippen molar-refractivity contribution < 1.29 is 14.3 Å². The summed E-state index contributed by atoms with van der Waals surface area (Å²) in [5.74, 6) is 2.92. The van der Waals surface area contributed by atoms with Crippen LogP contribution in [-0.2, 0) is 16.6 Å². The molecule has 4 bridgehead atoms. The van der Waals surface area contributed by atoms with E-state index in [9.17, 15) is 4.79 Å². The Hall–Kier alpha value is -2.83. The SMILES string of the molecule is COc1ccc2c(c1)C13CCN(C(=O)OC(C)(C)C)C(C2)C12CCC1C3[C@@H](CN1c1nc(C)cc(C)n1)C2. The molecule has 2 saturated carbocycles. The number of amides is 1. The molecule has 5 unspecified atom stereocenters. The summed E-state index contributed by atoms with van der Waals surface area (Å²) in [4.78, 5) is 28.1. The Morgan fingerprint density at radius 3 is 2.58 bits per heavy atom. The fourth-order valence-electron chi connectivity index (χ4n) is 9.72. The highest BCUT2D eigenvalue weighted by molar-refractivity contribution is 5.70. The topological polar surface area (TPSA) is 67.8 Å². The average molecular weight is 517 g/mol. The molecule has 6 atom stereocenters. The third kappa shape index (κ3) is 3.10. The van der Waals surface area contributed by atoms with Gasteiger partial charge in [-0.05, 0) is 108 Å². The molecule has 3 heterocycles. The molecule has 202 valence electrons. The van der Waals surface area contributed by atoms with Gasteiger partial charge in [0.1, 0.15) is 11.4 Å². The normalized spacial score (nSPS) is 34.6. The zero-order valence-corrected chi connectivity index (χ0v) is 23.6. The highest BCUT2D eigenvalue weighted by Crippen LogP contribution is 2.75. The van der Waals surface area contributed by atoms with Crippen LogP contribution in [0.5, 0.6) is 5.75 Å². The van der Waals surface area contributed by atoms with Gasteiger partial charge in [0.15, 0.2) is 0 Å². The average Bonchev–Trinajstić information content (AvgIpc) is 3.28. The van der Waals surface area contributed by atoms with Gasteiger partial charge in [0.25, 0.3) is 0 Å². The zero-order chi connectivity index (χ0) is 26.6. The van der Waals surface area contributed by atoms with Crippen molar-refractivity contribution in [2.24, 2.45) is 17.3 Å². The smallest absolute Gasteiger partial charge is 0.410 e. The number of fused-ring (bicyclic) bond motifs is 1. The Balaban J connectivity index is 1.36. The standard InChI is InChI=1S/C31H40N4O3/c1-18-13-19(2)33-27(32-18)35-17-21-16-30-10-9-24(35)26(21)31(30)11-12-34(28(36)38-29(3,4)5)25(30)14-20-7-8-22(37-6)15-23(20)31/h7-8,13,15,21,24-26H,9-12,14,16-17H2,1-6H3/t21-,24?,25?,26?,30?,31?/m1/s1. The number of aromatic nitrogens is 2. The van der Waals surface area contributed by atoms with Gasteiger partial charge in [0.05, 0.1) is 7.11 Å². The summed E-state index contributed by atoms with van der Waals surface area (Å²) >= 11 is 0. The quantitative estimate of drug-likeness (QED) is 0.546. The maximum atomic E-state index is 13.6. The first-order chi connectivity index (χ1) is 18.1. The van der Waals surface area contributed by atoms with Gasteiger partial charge < -0.3 is 19.3 Å². The lowest BCUT2D eigenvalue weighted by Gasteiger charge is -2.66. The Morgan fingerprint density at radius 1 is 1.11 bits per heavy atom. The van der Waals surface area contributed by atoms with Gasteiger partial charge in [0.2, 0.25) is 5.95 Å². The largest absolute Gasteiger partial charge is 0.497 e. The van der Waals surface area contributed by atoms with Crippen molar-refractivity contribution in [3.05, 3.63) is 46.8 Å². The molecule has 5 aliphatic rings. The monoisotopic (exact) mass is 516 g/mol. The molecule has 7 nitrogen and oxygen atoms in total. The molecule has 1 aromatic heterocycles. The number of carbonyl (C=O) groups is 1. The van der Waals surface area contributed by atoms with E-state index < -0.39 is 5.60 Å². The van der Waals surface area contributed by atoms with E-state index in [0.717, 1.165) is 68.3 Å². The third-order valence-corrected chi connectivity index (χ3v) is 10.6. The second-order valence-electron chi connectivity index (χ2n) is 13.5. The summed E-state index contributed by atoms with van der Waals surface area (Å²) in [5, 5.41) is 0. The second-order valence-corrected chi connectivity index (χ2v) is 13.5. The Bertz CT molecular complexity index is 1300. The highest BCUT2D eigenvalue weighted by atomic mass is 16.6. The first kappa shape index (κ1) is 24.2. The number of hydrogen-bond acceptors (Lipinski definition) is 6. The van der Waals surface area contributed by atoms with Gasteiger partial charge in [-0.2, -0.15) is 0 Å².